The third kappa shape index (κ3) is 6.91. The number of amides is 1. The van der Waals surface area contributed by atoms with Crippen molar-refractivity contribution in [2.45, 2.75) is 64.5 Å². The highest BCUT2D eigenvalue weighted by atomic mass is 16.6. The van der Waals surface area contributed by atoms with Crippen LogP contribution in [0.4, 0.5) is 4.79 Å². The van der Waals surface area contributed by atoms with E-state index in [4.69, 9.17) is 18.9 Å². The van der Waals surface area contributed by atoms with E-state index in [0.717, 1.165) is 27.5 Å². The molecule has 0 saturated carbocycles. The van der Waals surface area contributed by atoms with Gasteiger partial charge in [-0.2, -0.15) is 0 Å². The highest BCUT2D eigenvalue weighted by molar-refractivity contribution is 5.80. The van der Waals surface area contributed by atoms with Crippen LogP contribution >= 0.6 is 0 Å². The topological polar surface area (TPSA) is 113 Å². The van der Waals surface area contributed by atoms with Crippen LogP contribution in [-0.4, -0.2) is 80.5 Å². The summed E-state index contributed by atoms with van der Waals surface area (Å²) in [5.74, 6) is 2.07. The summed E-state index contributed by atoms with van der Waals surface area (Å²) in [6.45, 7) is 8.69. The van der Waals surface area contributed by atoms with Crippen molar-refractivity contribution in [2.75, 3.05) is 33.4 Å². The lowest BCUT2D eigenvalue weighted by Crippen LogP contribution is -2.50. The molecule has 2 aromatic heterocycles. The number of hydrogen-bond donors (Lipinski definition) is 0. The highest BCUT2D eigenvalue weighted by Gasteiger charge is 2.35. The lowest BCUT2D eigenvalue weighted by Gasteiger charge is -2.41. The zero-order valence-electron chi connectivity index (χ0n) is 28.4. The summed E-state index contributed by atoms with van der Waals surface area (Å²) < 4.78 is 26.7. The zero-order chi connectivity index (χ0) is 34.1. The van der Waals surface area contributed by atoms with E-state index in [1.54, 1.807) is 17.7 Å². The van der Waals surface area contributed by atoms with Crippen LogP contribution in [-0.2, 0) is 17.8 Å². The second-order valence-electron chi connectivity index (χ2n) is 13.6. The monoisotopic (exact) mass is 666 g/mol. The molecule has 0 bridgehead atoms. The number of fused-ring (bicyclic) bond motifs is 3. The fourth-order valence-electron chi connectivity index (χ4n) is 6.74. The standard InChI is InChI=1S/C37H42N6O6/c1-37(2,3)49-36(45)41(23-25-9-13-32-33(21-25)48-20-19-47-32)27-15-17-40(18-16-27)34(43-30-8-6-5-7-29(30)38-39-43)24-42-31-22-28(46-4)12-10-26(31)11-14-35(42)44/h5-14,21-22,27,34H,15-20,23-24H2,1-4H3. The molecule has 4 heterocycles. The minimum absolute atomic E-state index is 0.0722. The van der Waals surface area contributed by atoms with Gasteiger partial charge in [0.2, 0.25) is 0 Å². The largest absolute Gasteiger partial charge is 0.497 e. The van der Waals surface area contributed by atoms with Crippen molar-refractivity contribution in [3.05, 3.63) is 88.7 Å². The Kier molecular flexibility index (Phi) is 8.89. The van der Waals surface area contributed by atoms with Gasteiger partial charge in [0.25, 0.3) is 5.56 Å². The number of piperidine rings is 1. The Hall–Kier alpha value is -5.10. The quantitative estimate of drug-likeness (QED) is 0.208. The molecule has 7 rings (SSSR count). The summed E-state index contributed by atoms with van der Waals surface area (Å²) in [5.41, 5.74) is 2.64. The van der Waals surface area contributed by atoms with Crippen LogP contribution in [0, 0.1) is 0 Å². The number of ether oxygens (including phenoxy) is 4. The normalized spacial score (nSPS) is 16.1. The Morgan fingerprint density at radius 2 is 1.71 bits per heavy atom. The molecule has 1 atom stereocenters. The molecule has 0 radical (unpaired) electrons. The van der Waals surface area contributed by atoms with E-state index in [-0.39, 0.29) is 23.9 Å². The molecule has 1 fully saturated rings. The van der Waals surface area contributed by atoms with Crippen LogP contribution in [0.25, 0.3) is 21.9 Å². The van der Waals surface area contributed by atoms with Crippen LogP contribution in [0.3, 0.4) is 0 Å². The molecule has 0 N–H and O–H groups in total. The number of carbonyl (C=O) groups excluding carboxylic acids is 1. The lowest BCUT2D eigenvalue weighted by atomic mass is 10.0. The van der Waals surface area contributed by atoms with E-state index in [0.29, 0.717) is 69.5 Å². The van der Waals surface area contributed by atoms with Crippen LogP contribution < -0.4 is 19.8 Å². The van der Waals surface area contributed by atoms with E-state index < -0.39 is 5.60 Å². The van der Waals surface area contributed by atoms with E-state index in [1.165, 1.54) is 0 Å². The second-order valence-corrected chi connectivity index (χ2v) is 13.6. The SMILES string of the molecule is COc1ccc2ccc(=O)n(CC(N3CCC(N(Cc4ccc5c(c4)OCCO5)C(=O)OC(C)(C)C)CC3)n3nnc4ccccc43)c2c1. The average Bonchev–Trinajstić information content (AvgIpc) is 3.53. The molecule has 1 amide bonds. The summed E-state index contributed by atoms with van der Waals surface area (Å²) in [6, 6.07) is 22.8. The molecule has 49 heavy (non-hydrogen) atoms. The van der Waals surface area contributed by atoms with E-state index in [2.05, 4.69) is 15.2 Å². The molecule has 12 heteroatoms. The van der Waals surface area contributed by atoms with Gasteiger partial charge in [0.05, 0.1) is 24.7 Å². The van der Waals surface area contributed by atoms with Crippen molar-refractivity contribution in [3.8, 4) is 17.2 Å². The van der Waals surface area contributed by atoms with Crippen molar-refractivity contribution in [1.29, 1.82) is 0 Å². The Morgan fingerprint density at radius 3 is 2.49 bits per heavy atom. The fraction of sp³-hybridized carbons (Fsp3) is 0.405. The summed E-state index contributed by atoms with van der Waals surface area (Å²) in [4.78, 5) is 31.4. The fourth-order valence-corrected chi connectivity index (χ4v) is 6.74. The molecule has 2 aliphatic heterocycles. The molecule has 3 aromatic carbocycles. The van der Waals surface area contributed by atoms with Crippen LogP contribution in [0.1, 0.15) is 45.3 Å². The van der Waals surface area contributed by atoms with E-state index in [1.807, 2.05) is 97.1 Å². The first-order chi connectivity index (χ1) is 23.7. The van der Waals surface area contributed by atoms with Gasteiger partial charge in [-0.25, -0.2) is 9.48 Å². The van der Waals surface area contributed by atoms with Crippen LogP contribution in [0.5, 0.6) is 17.2 Å². The van der Waals surface area contributed by atoms with Crippen molar-refractivity contribution in [1.82, 2.24) is 29.4 Å². The maximum Gasteiger partial charge on any atom is 0.410 e. The smallest absolute Gasteiger partial charge is 0.410 e. The summed E-state index contributed by atoms with van der Waals surface area (Å²) >= 11 is 0. The Morgan fingerprint density at radius 1 is 0.959 bits per heavy atom. The van der Waals surface area contributed by atoms with Gasteiger partial charge in [0.15, 0.2) is 11.5 Å². The predicted octanol–water partition coefficient (Wildman–Crippen LogP) is 5.63. The first-order valence-electron chi connectivity index (χ1n) is 16.8. The molecule has 2 aliphatic rings. The van der Waals surface area contributed by atoms with Gasteiger partial charge in [-0.1, -0.05) is 23.4 Å². The van der Waals surface area contributed by atoms with Gasteiger partial charge in [-0.05, 0) is 87.0 Å². The first kappa shape index (κ1) is 32.4. The second kappa shape index (κ2) is 13.4. The minimum Gasteiger partial charge on any atom is -0.497 e. The Labute approximate surface area is 284 Å². The molecule has 5 aromatic rings. The molecule has 0 spiro atoms. The van der Waals surface area contributed by atoms with E-state index in [9.17, 15) is 9.59 Å². The number of benzene rings is 3. The number of hydrogen-bond acceptors (Lipinski definition) is 9. The van der Waals surface area contributed by atoms with Crippen molar-refractivity contribution in [2.24, 2.45) is 0 Å². The van der Waals surface area contributed by atoms with Gasteiger partial charge >= 0.3 is 6.09 Å². The van der Waals surface area contributed by atoms with Crippen molar-refractivity contribution < 1.29 is 23.7 Å². The molecule has 12 nitrogen and oxygen atoms in total. The average molecular weight is 667 g/mol. The van der Waals surface area contributed by atoms with Gasteiger partial charge in [-0.3, -0.25) is 9.69 Å². The molecular weight excluding hydrogens is 624 g/mol. The van der Waals surface area contributed by atoms with Crippen molar-refractivity contribution >= 4 is 28.0 Å². The number of rotatable bonds is 8. The van der Waals surface area contributed by atoms with Crippen molar-refractivity contribution in [3.63, 3.8) is 0 Å². The number of aromatic nitrogens is 4. The Bertz CT molecular complexity index is 2030. The van der Waals surface area contributed by atoms with Gasteiger partial charge in [-0.15, -0.1) is 5.10 Å². The Balaban J connectivity index is 1.18. The number of methoxy groups -OCH3 is 1. The maximum atomic E-state index is 13.7. The zero-order valence-corrected chi connectivity index (χ0v) is 28.4. The summed E-state index contributed by atoms with van der Waals surface area (Å²) in [6.07, 6.45) is 0.725. The van der Waals surface area contributed by atoms with E-state index >= 15 is 0 Å². The van der Waals surface area contributed by atoms with Gasteiger partial charge in [0.1, 0.15) is 36.2 Å². The number of para-hydroxylation sites is 1. The molecule has 0 aliphatic carbocycles. The number of pyridine rings is 1. The molecule has 1 unspecified atom stereocenters. The first-order valence-corrected chi connectivity index (χ1v) is 16.8. The predicted molar refractivity (Wildman–Crippen MR) is 185 cm³/mol. The maximum absolute atomic E-state index is 13.7. The number of carbonyl (C=O) groups is 1. The summed E-state index contributed by atoms with van der Waals surface area (Å²) in [7, 11) is 1.62. The third-order valence-corrected chi connectivity index (χ3v) is 9.15. The molecular formula is C37H42N6O6. The highest BCUT2D eigenvalue weighted by Crippen LogP contribution is 2.33. The molecule has 1 saturated heterocycles. The third-order valence-electron chi connectivity index (χ3n) is 9.15. The van der Waals surface area contributed by atoms with Crippen LogP contribution in [0.2, 0.25) is 0 Å². The molecule has 256 valence electrons. The minimum atomic E-state index is -0.642. The van der Waals surface area contributed by atoms with Gasteiger partial charge < -0.3 is 28.4 Å². The number of likely N-dealkylation sites (tertiary alicyclic amines) is 1. The van der Waals surface area contributed by atoms with Gasteiger partial charge in [0, 0.05) is 37.8 Å². The number of nitrogens with zero attached hydrogens (tertiary/aromatic N) is 6. The van der Waals surface area contributed by atoms with Crippen LogP contribution in [0.15, 0.2) is 77.6 Å². The lowest BCUT2D eigenvalue weighted by molar-refractivity contribution is -0.00182. The summed E-state index contributed by atoms with van der Waals surface area (Å²) in [5, 5.41) is 10.00.